The maximum absolute atomic E-state index is 2.21. The summed E-state index contributed by atoms with van der Waals surface area (Å²) in [6, 6.07) is 21.4. The van der Waals surface area contributed by atoms with Crippen LogP contribution in [0.2, 0.25) is 0 Å². The van der Waals surface area contributed by atoms with Gasteiger partial charge in [-0.15, -0.1) is 21.0 Å². The summed E-state index contributed by atoms with van der Waals surface area (Å²) in [5.41, 5.74) is 2.90. The minimum atomic E-state index is 0. The van der Waals surface area contributed by atoms with Gasteiger partial charge < -0.3 is 0 Å². The molecule has 0 nitrogen and oxygen atoms in total. The van der Waals surface area contributed by atoms with E-state index in [9.17, 15) is 0 Å². The molecule has 2 rings (SSSR count). The van der Waals surface area contributed by atoms with Gasteiger partial charge in [-0.1, -0.05) is 60.7 Å². The molecule has 0 aromatic heterocycles. The second kappa shape index (κ2) is 7.44. The van der Waals surface area contributed by atoms with Crippen LogP contribution in [0.4, 0.5) is 0 Å². The summed E-state index contributed by atoms with van der Waals surface area (Å²) in [4.78, 5) is 0. The molecule has 0 saturated heterocycles. The Balaban J connectivity index is 0.00000128. The van der Waals surface area contributed by atoms with E-state index in [4.69, 9.17) is 0 Å². The van der Waals surface area contributed by atoms with Crippen molar-refractivity contribution in [3.8, 4) is 0 Å². The SMILES string of the molecule is Cl.c1ccc(CPCc2ccccc2)cc1. The van der Waals surface area contributed by atoms with E-state index >= 15 is 0 Å². The zero-order valence-corrected chi connectivity index (χ0v) is 10.9. The topological polar surface area (TPSA) is 0 Å². The van der Waals surface area contributed by atoms with Crippen LogP contribution in [-0.2, 0) is 12.3 Å². The lowest BCUT2D eigenvalue weighted by Gasteiger charge is -2.02. The number of benzene rings is 2. The first-order valence-electron chi connectivity index (χ1n) is 5.24. The van der Waals surface area contributed by atoms with Gasteiger partial charge in [0, 0.05) is 0 Å². The molecule has 2 heteroatoms. The van der Waals surface area contributed by atoms with Crippen LogP contribution >= 0.6 is 21.0 Å². The summed E-state index contributed by atoms with van der Waals surface area (Å²) >= 11 is 0. The number of halogens is 1. The zero-order chi connectivity index (χ0) is 10.3. The van der Waals surface area contributed by atoms with Gasteiger partial charge in [-0.05, 0) is 23.5 Å². The quantitative estimate of drug-likeness (QED) is 0.702. The normalized spacial score (nSPS) is 9.50. The van der Waals surface area contributed by atoms with E-state index < -0.39 is 0 Å². The summed E-state index contributed by atoms with van der Waals surface area (Å²) in [5.74, 6) is 0. The number of hydrogen-bond acceptors (Lipinski definition) is 0. The molecule has 0 aliphatic rings. The van der Waals surface area contributed by atoms with Crippen molar-refractivity contribution in [1.82, 2.24) is 0 Å². The molecule has 0 aliphatic carbocycles. The van der Waals surface area contributed by atoms with E-state index in [0.717, 1.165) is 8.58 Å². The molecule has 0 bridgehead atoms. The smallest absolute Gasteiger partial charge is 0.00976 e. The molecule has 0 heterocycles. The van der Waals surface area contributed by atoms with E-state index in [1.54, 1.807) is 0 Å². The third kappa shape index (κ3) is 4.35. The van der Waals surface area contributed by atoms with Crippen molar-refractivity contribution in [2.24, 2.45) is 0 Å². The molecule has 0 aliphatic heterocycles. The summed E-state index contributed by atoms with van der Waals surface area (Å²) in [7, 11) is 0.987. The summed E-state index contributed by atoms with van der Waals surface area (Å²) in [6.07, 6.45) is 2.41. The molecule has 0 amide bonds. The Hall–Kier alpha value is -0.840. The highest BCUT2D eigenvalue weighted by Crippen LogP contribution is 2.23. The van der Waals surface area contributed by atoms with E-state index in [0.29, 0.717) is 0 Å². The van der Waals surface area contributed by atoms with Crippen molar-refractivity contribution >= 4 is 21.0 Å². The average Bonchev–Trinajstić information content (AvgIpc) is 2.32. The Morgan fingerprint density at radius 2 is 1.00 bits per heavy atom. The first-order valence-corrected chi connectivity index (χ1v) is 6.65. The molecular formula is C14H16ClP. The van der Waals surface area contributed by atoms with Crippen LogP contribution < -0.4 is 0 Å². The van der Waals surface area contributed by atoms with Crippen molar-refractivity contribution in [3.05, 3.63) is 71.8 Å². The Kier molecular flexibility index (Phi) is 6.15. The standard InChI is InChI=1S/C14H15P.ClH/c1-3-7-13(8-4-1)11-15-12-14-9-5-2-6-10-14;/h1-10,15H,11-12H2;1H. The molecule has 16 heavy (non-hydrogen) atoms. The van der Waals surface area contributed by atoms with Gasteiger partial charge in [0.1, 0.15) is 0 Å². The van der Waals surface area contributed by atoms with Gasteiger partial charge in [0.15, 0.2) is 0 Å². The van der Waals surface area contributed by atoms with Crippen molar-refractivity contribution in [1.29, 1.82) is 0 Å². The predicted octanol–water partition coefficient (Wildman–Crippen LogP) is 4.49. The van der Waals surface area contributed by atoms with Gasteiger partial charge in [-0.3, -0.25) is 0 Å². The van der Waals surface area contributed by atoms with Crippen LogP contribution in [0.5, 0.6) is 0 Å². The average molecular weight is 251 g/mol. The lowest BCUT2D eigenvalue weighted by molar-refractivity contribution is 1.35. The fraction of sp³-hybridized carbons (Fsp3) is 0.143. The number of rotatable bonds is 4. The summed E-state index contributed by atoms with van der Waals surface area (Å²) in [6.45, 7) is 0. The van der Waals surface area contributed by atoms with Crippen molar-refractivity contribution in [3.63, 3.8) is 0 Å². The second-order valence-electron chi connectivity index (χ2n) is 3.57. The number of hydrogen-bond donors (Lipinski definition) is 0. The highest BCUT2D eigenvalue weighted by molar-refractivity contribution is 7.36. The van der Waals surface area contributed by atoms with Crippen LogP contribution in [0.15, 0.2) is 60.7 Å². The van der Waals surface area contributed by atoms with E-state index in [-0.39, 0.29) is 12.4 Å². The second-order valence-corrected chi connectivity index (χ2v) is 4.78. The van der Waals surface area contributed by atoms with Crippen molar-refractivity contribution < 1.29 is 0 Å². The third-order valence-electron chi connectivity index (χ3n) is 2.34. The highest BCUT2D eigenvalue weighted by atomic mass is 35.5. The molecule has 0 saturated carbocycles. The fourth-order valence-electron chi connectivity index (χ4n) is 1.54. The van der Waals surface area contributed by atoms with Gasteiger partial charge in [0.05, 0.1) is 0 Å². The monoisotopic (exact) mass is 250 g/mol. The molecule has 0 spiro atoms. The predicted molar refractivity (Wildman–Crippen MR) is 75.9 cm³/mol. The van der Waals surface area contributed by atoms with Crippen LogP contribution in [0, 0.1) is 0 Å². The Morgan fingerprint density at radius 3 is 1.38 bits per heavy atom. The lowest BCUT2D eigenvalue weighted by Crippen LogP contribution is -1.80. The van der Waals surface area contributed by atoms with Gasteiger partial charge >= 0.3 is 0 Å². The summed E-state index contributed by atoms with van der Waals surface area (Å²) < 4.78 is 0. The van der Waals surface area contributed by atoms with Crippen LogP contribution in [0.3, 0.4) is 0 Å². The molecule has 2 aromatic rings. The van der Waals surface area contributed by atoms with E-state index in [1.807, 2.05) is 0 Å². The maximum Gasteiger partial charge on any atom is -0.00976 e. The van der Waals surface area contributed by atoms with E-state index in [2.05, 4.69) is 60.7 Å². The Morgan fingerprint density at radius 1 is 0.625 bits per heavy atom. The first-order chi connectivity index (χ1) is 7.45. The maximum atomic E-state index is 2.21. The van der Waals surface area contributed by atoms with Gasteiger partial charge in [0.2, 0.25) is 0 Å². The molecule has 84 valence electrons. The highest BCUT2D eigenvalue weighted by Gasteiger charge is 1.93. The van der Waals surface area contributed by atoms with Gasteiger partial charge in [0.25, 0.3) is 0 Å². The minimum absolute atomic E-state index is 0. The van der Waals surface area contributed by atoms with Crippen LogP contribution in [0.25, 0.3) is 0 Å². The Labute approximate surface area is 105 Å². The third-order valence-corrected chi connectivity index (χ3v) is 3.66. The zero-order valence-electron chi connectivity index (χ0n) is 9.10. The van der Waals surface area contributed by atoms with Crippen molar-refractivity contribution in [2.75, 3.05) is 0 Å². The molecule has 2 aromatic carbocycles. The molecule has 0 N–H and O–H groups in total. The summed E-state index contributed by atoms with van der Waals surface area (Å²) in [5, 5.41) is 0. The fourth-order valence-corrected chi connectivity index (χ4v) is 2.72. The molecule has 0 radical (unpaired) electrons. The molecular weight excluding hydrogens is 235 g/mol. The van der Waals surface area contributed by atoms with Crippen LogP contribution in [-0.4, -0.2) is 0 Å². The van der Waals surface area contributed by atoms with Gasteiger partial charge in [-0.25, -0.2) is 0 Å². The van der Waals surface area contributed by atoms with Crippen molar-refractivity contribution in [2.45, 2.75) is 12.3 Å². The Bertz CT molecular complexity index is 346. The molecule has 0 atom stereocenters. The first kappa shape index (κ1) is 13.2. The molecule has 0 fully saturated rings. The van der Waals surface area contributed by atoms with Crippen LogP contribution in [0.1, 0.15) is 11.1 Å². The molecule has 0 unspecified atom stereocenters. The van der Waals surface area contributed by atoms with E-state index in [1.165, 1.54) is 23.5 Å². The largest absolute Gasteiger partial charge is 0.147 e. The lowest BCUT2D eigenvalue weighted by atomic mass is 10.2. The van der Waals surface area contributed by atoms with Gasteiger partial charge in [-0.2, -0.15) is 0 Å². The minimum Gasteiger partial charge on any atom is -0.147 e.